The lowest BCUT2D eigenvalue weighted by atomic mass is 10.1. The lowest BCUT2D eigenvalue weighted by Gasteiger charge is -2.16. The number of hydrogen-bond acceptors (Lipinski definition) is 7. The fourth-order valence-corrected chi connectivity index (χ4v) is 6.44. The Morgan fingerprint density at radius 2 is 1.49 bits per heavy atom. The van der Waals surface area contributed by atoms with Crippen LogP contribution < -0.4 is 16.0 Å². The zero-order valence-corrected chi connectivity index (χ0v) is 26.0. The predicted molar refractivity (Wildman–Crippen MR) is 174 cm³/mol. The van der Waals surface area contributed by atoms with E-state index in [0.29, 0.717) is 33.8 Å². The Hall–Kier alpha value is -4.41. The molecule has 3 amide bonds. The summed E-state index contributed by atoms with van der Waals surface area (Å²) >= 11 is 2.38. The first-order valence-electron chi connectivity index (χ1n) is 13.8. The smallest absolute Gasteiger partial charge is 0.341 e. The van der Waals surface area contributed by atoms with Gasteiger partial charge in [-0.05, 0) is 74.7 Å². The van der Waals surface area contributed by atoms with Crippen molar-refractivity contribution in [2.75, 3.05) is 22.6 Å². The Morgan fingerprint density at radius 3 is 2.19 bits per heavy atom. The average Bonchev–Trinajstić information content (AvgIpc) is 3.32. The van der Waals surface area contributed by atoms with Crippen molar-refractivity contribution < 1.29 is 23.9 Å². The number of rotatable bonds is 11. The highest BCUT2D eigenvalue weighted by atomic mass is 32.2. The second-order valence-corrected chi connectivity index (χ2v) is 11.9. The SMILES string of the molecule is CCOC(=O)c1c(NC(=O)C(CC)Sc2cccc(NC(=O)c3ccccc3C)c2)sc(C(=O)Nc2ccccc2)c1C. The van der Waals surface area contributed by atoms with E-state index in [4.69, 9.17) is 4.74 Å². The second-order valence-electron chi connectivity index (χ2n) is 9.60. The molecule has 1 atom stereocenters. The summed E-state index contributed by atoms with van der Waals surface area (Å²) in [5, 5.41) is 8.40. The number of ether oxygens (including phenoxy) is 1. The molecule has 3 aromatic carbocycles. The van der Waals surface area contributed by atoms with Crippen molar-refractivity contribution in [3.05, 3.63) is 106 Å². The van der Waals surface area contributed by atoms with E-state index >= 15 is 0 Å². The van der Waals surface area contributed by atoms with Gasteiger partial charge in [0.05, 0.1) is 22.3 Å². The zero-order valence-electron chi connectivity index (χ0n) is 24.4. The van der Waals surface area contributed by atoms with Gasteiger partial charge in [0.1, 0.15) is 5.00 Å². The number of hydrogen-bond donors (Lipinski definition) is 3. The molecule has 0 fully saturated rings. The van der Waals surface area contributed by atoms with E-state index in [1.54, 1.807) is 38.1 Å². The van der Waals surface area contributed by atoms with E-state index in [2.05, 4.69) is 16.0 Å². The number of benzene rings is 3. The van der Waals surface area contributed by atoms with E-state index in [1.807, 2.05) is 68.4 Å². The molecule has 0 saturated heterocycles. The van der Waals surface area contributed by atoms with Crippen LogP contribution in [0.2, 0.25) is 0 Å². The van der Waals surface area contributed by atoms with E-state index < -0.39 is 11.2 Å². The number of carbonyl (C=O) groups is 4. The summed E-state index contributed by atoms with van der Waals surface area (Å²) in [6, 6.07) is 23.7. The number of amides is 3. The van der Waals surface area contributed by atoms with Crippen LogP contribution in [-0.4, -0.2) is 35.5 Å². The molecule has 0 aliphatic carbocycles. The second kappa shape index (κ2) is 14.7. The van der Waals surface area contributed by atoms with Crippen LogP contribution in [-0.2, 0) is 9.53 Å². The molecular formula is C33H33N3O5S2. The molecule has 4 aromatic rings. The summed E-state index contributed by atoms with van der Waals surface area (Å²) in [5.74, 6) is -1.52. The quantitative estimate of drug-likeness (QED) is 0.119. The Kier molecular flexibility index (Phi) is 10.7. The lowest BCUT2D eigenvalue weighted by Crippen LogP contribution is -2.25. The van der Waals surface area contributed by atoms with Gasteiger partial charge in [0.15, 0.2) is 0 Å². The normalized spacial score (nSPS) is 11.3. The van der Waals surface area contributed by atoms with E-state index in [0.717, 1.165) is 21.8 Å². The van der Waals surface area contributed by atoms with E-state index in [1.165, 1.54) is 11.8 Å². The van der Waals surface area contributed by atoms with Gasteiger partial charge in [-0.25, -0.2) is 4.79 Å². The molecule has 10 heteroatoms. The van der Waals surface area contributed by atoms with Gasteiger partial charge in [0.2, 0.25) is 5.91 Å². The van der Waals surface area contributed by atoms with Gasteiger partial charge >= 0.3 is 5.97 Å². The molecule has 0 bridgehead atoms. The minimum absolute atomic E-state index is 0.150. The molecule has 4 rings (SSSR count). The maximum atomic E-state index is 13.5. The highest BCUT2D eigenvalue weighted by Gasteiger charge is 2.28. The average molecular weight is 616 g/mol. The monoisotopic (exact) mass is 615 g/mol. The van der Waals surface area contributed by atoms with Gasteiger partial charge < -0.3 is 20.7 Å². The van der Waals surface area contributed by atoms with Gasteiger partial charge in [0.25, 0.3) is 11.8 Å². The summed E-state index contributed by atoms with van der Waals surface area (Å²) in [6.45, 7) is 7.29. The lowest BCUT2D eigenvalue weighted by molar-refractivity contribution is -0.115. The maximum absolute atomic E-state index is 13.5. The molecule has 0 aliphatic heterocycles. The first-order chi connectivity index (χ1) is 20.7. The highest BCUT2D eigenvalue weighted by molar-refractivity contribution is 8.00. The van der Waals surface area contributed by atoms with Crippen LogP contribution in [0.1, 0.15) is 61.8 Å². The Labute approximate surface area is 259 Å². The summed E-state index contributed by atoms with van der Waals surface area (Å²) in [7, 11) is 0. The molecule has 0 radical (unpaired) electrons. The first-order valence-corrected chi connectivity index (χ1v) is 15.5. The van der Waals surface area contributed by atoms with Crippen LogP contribution in [0.5, 0.6) is 0 Å². The van der Waals surface area contributed by atoms with Gasteiger partial charge in [0, 0.05) is 21.8 Å². The maximum Gasteiger partial charge on any atom is 0.341 e. The summed E-state index contributed by atoms with van der Waals surface area (Å²) in [4.78, 5) is 53.4. The number of para-hydroxylation sites is 1. The molecule has 0 saturated carbocycles. The van der Waals surface area contributed by atoms with Crippen LogP contribution in [0.3, 0.4) is 0 Å². The Bertz CT molecular complexity index is 1630. The molecule has 1 aromatic heterocycles. The molecule has 3 N–H and O–H groups in total. The minimum atomic E-state index is -0.608. The predicted octanol–water partition coefficient (Wildman–Crippen LogP) is 7.56. The van der Waals surface area contributed by atoms with Gasteiger partial charge in [-0.15, -0.1) is 23.1 Å². The van der Waals surface area contributed by atoms with Crippen molar-refractivity contribution in [3.63, 3.8) is 0 Å². The molecule has 8 nitrogen and oxygen atoms in total. The third kappa shape index (κ3) is 7.91. The highest BCUT2D eigenvalue weighted by Crippen LogP contribution is 2.36. The van der Waals surface area contributed by atoms with Crippen molar-refractivity contribution in [1.82, 2.24) is 0 Å². The Balaban J connectivity index is 1.52. The van der Waals surface area contributed by atoms with Crippen molar-refractivity contribution in [2.45, 2.75) is 44.3 Å². The molecule has 1 unspecified atom stereocenters. The molecule has 1 heterocycles. The molecular weight excluding hydrogens is 583 g/mol. The van der Waals surface area contributed by atoms with Crippen LogP contribution in [0.15, 0.2) is 83.8 Å². The van der Waals surface area contributed by atoms with Crippen molar-refractivity contribution in [3.8, 4) is 0 Å². The van der Waals surface area contributed by atoms with Gasteiger partial charge in [-0.3, -0.25) is 14.4 Å². The van der Waals surface area contributed by atoms with E-state index in [9.17, 15) is 19.2 Å². The van der Waals surface area contributed by atoms with Crippen molar-refractivity contribution >= 4 is 63.2 Å². The van der Waals surface area contributed by atoms with Gasteiger partial charge in [-0.2, -0.15) is 0 Å². The number of anilines is 3. The Morgan fingerprint density at radius 1 is 0.814 bits per heavy atom. The number of nitrogens with one attached hydrogen (secondary N) is 3. The van der Waals surface area contributed by atoms with Crippen LogP contribution in [0.4, 0.5) is 16.4 Å². The van der Waals surface area contributed by atoms with Crippen molar-refractivity contribution in [1.29, 1.82) is 0 Å². The number of thiophene rings is 1. The summed E-state index contributed by atoms with van der Waals surface area (Å²) in [6.07, 6.45) is 0.497. The summed E-state index contributed by atoms with van der Waals surface area (Å²) < 4.78 is 5.25. The fraction of sp³-hybridized carbons (Fsp3) is 0.212. The van der Waals surface area contributed by atoms with Crippen molar-refractivity contribution in [2.24, 2.45) is 0 Å². The van der Waals surface area contributed by atoms with Crippen LogP contribution in [0, 0.1) is 13.8 Å². The minimum Gasteiger partial charge on any atom is -0.462 e. The summed E-state index contributed by atoms with van der Waals surface area (Å²) in [5.41, 5.74) is 3.29. The van der Waals surface area contributed by atoms with Gasteiger partial charge in [-0.1, -0.05) is 49.4 Å². The van der Waals surface area contributed by atoms with Crippen LogP contribution >= 0.6 is 23.1 Å². The van der Waals surface area contributed by atoms with E-state index in [-0.39, 0.29) is 34.9 Å². The molecule has 0 spiro atoms. The first kappa shape index (κ1) is 31.5. The third-order valence-corrected chi connectivity index (χ3v) is 9.09. The molecule has 0 aliphatic rings. The van der Waals surface area contributed by atoms with Crippen LogP contribution in [0.25, 0.3) is 0 Å². The number of esters is 1. The topological polar surface area (TPSA) is 114 Å². The molecule has 222 valence electrons. The standard InChI is InChI=1S/C33H33N3O5S2/c1-5-26(42-24-17-12-16-23(19-24)35-29(37)25-18-11-10-13-20(25)3)30(38)36-32-27(33(40)41-6-2)21(4)28(43-32)31(39)34-22-14-8-7-9-15-22/h7-19,26H,5-6H2,1-4H3,(H,34,39)(H,35,37)(H,36,38). The largest absolute Gasteiger partial charge is 0.462 e. The number of carbonyl (C=O) groups excluding carboxylic acids is 4. The fourth-order valence-electron chi connectivity index (χ4n) is 4.33. The number of thioether (sulfide) groups is 1. The third-order valence-electron chi connectivity index (χ3n) is 6.52. The number of aryl methyl sites for hydroxylation is 1. The molecule has 43 heavy (non-hydrogen) atoms. The zero-order chi connectivity index (χ0) is 30.9.